The molecule has 4 rings (SSSR count). The van der Waals surface area contributed by atoms with Crippen LogP contribution in [0.25, 0.3) is 10.9 Å². The van der Waals surface area contributed by atoms with Crippen molar-refractivity contribution in [1.82, 2.24) is 19.4 Å². The maximum absolute atomic E-state index is 13.1. The van der Waals surface area contributed by atoms with E-state index in [1.165, 1.54) is 11.8 Å². The minimum Gasteiger partial charge on any atom is -0.339 e. The number of carbonyl (C=O) groups is 2. The van der Waals surface area contributed by atoms with Crippen molar-refractivity contribution in [2.24, 2.45) is 5.92 Å². The first-order chi connectivity index (χ1) is 15.6. The summed E-state index contributed by atoms with van der Waals surface area (Å²) in [5.74, 6) is 0.754. The molecule has 2 aromatic rings. The standard InChI is InChI=1S/C24H32N4O3S/c1-2-3-4-7-12-28-23(31)19-8-5-6-9-20(19)25-24(28)32-17-21(29)26-13-15-27(16-14-26)22(30)18-10-11-18/h5-6,8-9,18H,2-4,7,10-17H2,1H3. The molecule has 2 heterocycles. The Morgan fingerprint density at radius 1 is 1.03 bits per heavy atom. The molecular formula is C24H32N4O3S. The van der Waals surface area contributed by atoms with Gasteiger partial charge >= 0.3 is 0 Å². The Labute approximate surface area is 193 Å². The Morgan fingerprint density at radius 2 is 1.75 bits per heavy atom. The molecule has 1 saturated heterocycles. The van der Waals surface area contributed by atoms with Gasteiger partial charge in [-0.3, -0.25) is 19.0 Å². The van der Waals surface area contributed by atoms with Crippen LogP contribution in [-0.2, 0) is 16.1 Å². The number of aromatic nitrogens is 2. The molecular weight excluding hydrogens is 424 g/mol. The third-order valence-electron chi connectivity index (χ3n) is 6.26. The first-order valence-corrected chi connectivity index (χ1v) is 12.8. The summed E-state index contributed by atoms with van der Waals surface area (Å²) >= 11 is 1.34. The van der Waals surface area contributed by atoms with Gasteiger partial charge in [-0.05, 0) is 31.4 Å². The molecule has 2 amide bonds. The summed E-state index contributed by atoms with van der Waals surface area (Å²) in [6.45, 7) is 5.16. The SMILES string of the molecule is CCCCCCn1c(SCC(=O)N2CCN(C(=O)C3CC3)CC2)nc2ccccc2c1=O. The largest absolute Gasteiger partial charge is 0.339 e. The monoisotopic (exact) mass is 456 g/mol. The van der Waals surface area contributed by atoms with Gasteiger partial charge in [-0.25, -0.2) is 4.98 Å². The van der Waals surface area contributed by atoms with E-state index in [1.807, 2.05) is 34.1 Å². The number of carbonyl (C=O) groups excluding carboxylic acids is 2. The van der Waals surface area contributed by atoms with Crippen LogP contribution in [0.5, 0.6) is 0 Å². The summed E-state index contributed by atoms with van der Waals surface area (Å²) in [6.07, 6.45) is 6.29. The zero-order chi connectivity index (χ0) is 22.5. The van der Waals surface area contributed by atoms with Crippen molar-refractivity contribution in [3.8, 4) is 0 Å². The Bertz CT molecular complexity index is 1030. The van der Waals surface area contributed by atoms with Gasteiger partial charge in [-0.1, -0.05) is 50.1 Å². The fourth-order valence-corrected chi connectivity index (χ4v) is 5.06. The average Bonchev–Trinajstić information content (AvgIpc) is 3.67. The number of fused-ring (bicyclic) bond motifs is 1. The Balaban J connectivity index is 1.40. The lowest BCUT2D eigenvalue weighted by molar-refractivity contribution is -0.139. The summed E-state index contributed by atoms with van der Waals surface area (Å²) in [7, 11) is 0. The molecule has 1 aliphatic carbocycles. The normalized spacial score (nSPS) is 16.5. The van der Waals surface area contributed by atoms with E-state index in [1.54, 1.807) is 4.57 Å². The molecule has 0 radical (unpaired) electrons. The number of unbranched alkanes of at least 4 members (excludes halogenated alkanes) is 3. The third-order valence-corrected chi connectivity index (χ3v) is 7.22. The maximum Gasteiger partial charge on any atom is 0.262 e. The molecule has 172 valence electrons. The van der Waals surface area contributed by atoms with Crippen molar-refractivity contribution in [1.29, 1.82) is 0 Å². The van der Waals surface area contributed by atoms with Crippen LogP contribution in [0.15, 0.2) is 34.2 Å². The second kappa shape index (κ2) is 10.5. The number of benzene rings is 1. The average molecular weight is 457 g/mol. The smallest absolute Gasteiger partial charge is 0.262 e. The highest BCUT2D eigenvalue weighted by Gasteiger charge is 2.35. The highest BCUT2D eigenvalue weighted by molar-refractivity contribution is 7.99. The van der Waals surface area contributed by atoms with E-state index >= 15 is 0 Å². The fraction of sp³-hybridized carbons (Fsp3) is 0.583. The predicted molar refractivity (Wildman–Crippen MR) is 127 cm³/mol. The zero-order valence-electron chi connectivity index (χ0n) is 18.8. The summed E-state index contributed by atoms with van der Waals surface area (Å²) < 4.78 is 1.74. The van der Waals surface area contributed by atoms with Gasteiger partial charge in [0, 0.05) is 38.6 Å². The van der Waals surface area contributed by atoms with Crippen LogP contribution in [-0.4, -0.2) is 63.1 Å². The number of thioether (sulfide) groups is 1. The molecule has 1 aromatic heterocycles. The van der Waals surface area contributed by atoms with E-state index in [0.717, 1.165) is 38.5 Å². The Morgan fingerprint density at radius 3 is 2.47 bits per heavy atom. The number of nitrogens with zero attached hydrogens (tertiary/aromatic N) is 4. The molecule has 0 unspecified atom stereocenters. The molecule has 1 saturated carbocycles. The van der Waals surface area contributed by atoms with Gasteiger partial charge in [0.05, 0.1) is 16.7 Å². The number of rotatable bonds is 9. The Kier molecular flexibility index (Phi) is 7.50. The van der Waals surface area contributed by atoms with E-state index in [4.69, 9.17) is 4.98 Å². The highest BCUT2D eigenvalue weighted by atomic mass is 32.2. The summed E-state index contributed by atoms with van der Waals surface area (Å²) in [4.78, 5) is 46.6. The van der Waals surface area contributed by atoms with Crippen molar-refractivity contribution < 1.29 is 9.59 Å². The summed E-state index contributed by atoms with van der Waals surface area (Å²) in [6, 6.07) is 7.40. The van der Waals surface area contributed by atoms with Crippen LogP contribution in [0.2, 0.25) is 0 Å². The van der Waals surface area contributed by atoms with E-state index < -0.39 is 0 Å². The maximum atomic E-state index is 13.1. The van der Waals surface area contributed by atoms with Crippen LogP contribution in [0.1, 0.15) is 45.4 Å². The third kappa shape index (κ3) is 5.34. The lowest BCUT2D eigenvalue weighted by Gasteiger charge is -2.34. The number of amides is 2. The van der Waals surface area contributed by atoms with E-state index in [-0.39, 0.29) is 29.0 Å². The predicted octanol–water partition coefficient (Wildman–Crippen LogP) is 3.15. The zero-order valence-corrected chi connectivity index (χ0v) is 19.6. The number of para-hydroxylation sites is 1. The van der Waals surface area contributed by atoms with Gasteiger partial charge < -0.3 is 9.80 Å². The second-order valence-corrected chi connectivity index (χ2v) is 9.64. The lowest BCUT2D eigenvalue weighted by Crippen LogP contribution is -2.51. The van der Waals surface area contributed by atoms with Crippen LogP contribution >= 0.6 is 11.8 Å². The Hall–Kier alpha value is -2.35. The quantitative estimate of drug-likeness (QED) is 0.329. The first-order valence-electron chi connectivity index (χ1n) is 11.8. The van der Waals surface area contributed by atoms with Crippen molar-refractivity contribution >= 4 is 34.5 Å². The van der Waals surface area contributed by atoms with Crippen LogP contribution in [0, 0.1) is 5.92 Å². The number of hydrogen-bond donors (Lipinski definition) is 0. The molecule has 1 aromatic carbocycles. The molecule has 32 heavy (non-hydrogen) atoms. The summed E-state index contributed by atoms with van der Waals surface area (Å²) in [5.41, 5.74) is 0.638. The van der Waals surface area contributed by atoms with Crippen molar-refractivity contribution in [2.45, 2.75) is 57.1 Å². The van der Waals surface area contributed by atoms with Gasteiger partial charge in [0.15, 0.2) is 5.16 Å². The van der Waals surface area contributed by atoms with Crippen molar-refractivity contribution in [2.75, 3.05) is 31.9 Å². The highest BCUT2D eigenvalue weighted by Crippen LogP contribution is 2.31. The van der Waals surface area contributed by atoms with E-state index in [2.05, 4.69) is 6.92 Å². The lowest BCUT2D eigenvalue weighted by atomic mass is 10.2. The van der Waals surface area contributed by atoms with Crippen molar-refractivity contribution in [3.05, 3.63) is 34.6 Å². The van der Waals surface area contributed by atoms with Crippen LogP contribution < -0.4 is 5.56 Å². The van der Waals surface area contributed by atoms with Gasteiger partial charge in [0.25, 0.3) is 5.56 Å². The van der Waals surface area contributed by atoms with Crippen molar-refractivity contribution in [3.63, 3.8) is 0 Å². The van der Waals surface area contributed by atoms with E-state index in [0.29, 0.717) is 48.8 Å². The minimum absolute atomic E-state index is 0.0331. The number of hydrogen-bond acceptors (Lipinski definition) is 5. The van der Waals surface area contributed by atoms with E-state index in [9.17, 15) is 14.4 Å². The fourth-order valence-electron chi connectivity index (χ4n) is 4.13. The molecule has 0 atom stereocenters. The molecule has 1 aliphatic heterocycles. The molecule has 0 spiro atoms. The molecule has 0 N–H and O–H groups in total. The number of piperazine rings is 1. The van der Waals surface area contributed by atoms with Gasteiger partial charge in [-0.15, -0.1) is 0 Å². The first kappa shape index (κ1) is 22.8. The second-order valence-electron chi connectivity index (χ2n) is 8.70. The van der Waals surface area contributed by atoms with Gasteiger partial charge in [-0.2, -0.15) is 0 Å². The molecule has 2 fully saturated rings. The topological polar surface area (TPSA) is 75.5 Å². The molecule has 8 heteroatoms. The molecule has 7 nitrogen and oxygen atoms in total. The van der Waals surface area contributed by atoms with Crippen LogP contribution in [0.4, 0.5) is 0 Å². The molecule has 2 aliphatic rings. The van der Waals surface area contributed by atoms with Gasteiger partial charge in [0.2, 0.25) is 11.8 Å². The van der Waals surface area contributed by atoms with Crippen LogP contribution in [0.3, 0.4) is 0 Å². The molecule has 0 bridgehead atoms. The summed E-state index contributed by atoms with van der Waals surface area (Å²) in [5, 5.41) is 1.23. The van der Waals surface area contributed by atoms with Gasteiger partial charge in [0.1, 0.15) is 0 Å². The minimum atomic E-state index is -0.0331.